The molecule has 1 saturated heterocycles. The van der Waals surface area contributed by atoms with E-state index in [1.165, 1.54) is 0 Å². The Morgan fingerprint density at radius 2 is 1.72 bits per heavy atom. The van der Waals surface area contributed by atoms with Gasteiger partial charge in [-0.2, -0.15) is 9.94 Å². The number of halogens is 2. The van der Waals surface area contributed by atoms with Gasteiger partial charge in [0, 0.05) is 32.2 Å². The fourth-order valence-corrected chi connectivity index (χ4v) is 2.82. The summed E-state index contributed by atoms with van der Waals surface area (Å²) in [5.74, 6) is 0.827. The monoisotopic (exact) mass is 383 g/mol. The molecule has 0 bridgehead atoms. The molecule has 0 N–H and O–H groups in total. The number of tetrazole rings is 1. The molecule has 0 radical (unpaired) electrons. The second-order valence-corrected chi connectivity index (χ2v) is 6.07. The van der Waals surface area contributed by atoms with Crippen LogP contribution in [0.25, 0.3) is 5.69 Å². The summed E-state index contributed by atoms with van der Waals surface area (Å²) >= 11 is 0. The van der Waals surface area contributed by atoms with Crippen molar-refractivity contribution in [3.05, 3.63) is 35.7 Å². The summed E-state index contributed by atoms with van der Waals surface area (Å²) in [4.78, 5) is 4.87. The van der Waals surface area contributed by atoms with E-state index in [1.54, 1.807) is 16.8 Å². The molecule has 25 heavy (non-hydrogen) atoms. The predicted molar refractivity (Wildman–Crippen MR) is 100 cm³/mol. The molecule has 2 aromatic rings. The summed E-state index contributed by atoms with van der Waals surface area (Å²) in [6.45, 7) is 9.42. The molecule has 2 heterocycles. The number of nitrogens with zero attached hydrogens (tertiary/aromatic N) is 7. The molecule has 3 rings (SSSR count). The van der Waals surface area contributed by atoms with E-state index in [9.17, 15) is 0 Å². The van der Waals surface area contributed by atoms with Crippen molar-refractivity contribution in [3.8, 4) is 11.8 Å². The van der Waals surface area contributed by atoms with E-state index in [0.717, 1.165) is 44.2 Å². The number of hydrogen-bond acceptors (Lipinski definition) is 6. The van der Waals surface area contributed by atoms with Crippen LogP contribution in [0.2, 0.25) is 0 Å². The highest BCUT2D eigenvalue weighted by Gasteiger charge is 2.20. The third kappa shape index (κ3) is 5.13. The molecule has 0 unspecified atom stereocenters. The van der Waals surface area contributed by atoms with Crippen molar-refractivity contribution in [3.63, 3.8) is 0 Å². The third-order valence-corrected chi connectivity index (χ3v) is 4.28. The maximum Gasteiger partial charge on any atom is 0.170 e. The highest BCUT2D eigenvalue weighted by molar-refractivity contribution is 5.85. The molecular formula is C16H23Cl2N7. The van der Waals surface area contributed by atoms with Gasteiger partial charge in [0.25, 0.3) is 0 Å². The van der Waals surface area contributed by atoms with Crippen LogP contribution >= 0.6 is 24.8 Å². The molecule has 1 aliphatic rings. The maximum atomic E-state index is 8.88. The van der Waals surface area contributed by atoms with E-state index < -0.39 is 0 Å². The molecule has 7 nitrogen and oxygen atoms in total. The van der Waals surface area contributed by atoms with Crippen LogP contribution in [0.4, 0.5) is 0 Å². The number of nitriles is 1. The summed E-state index contributed by atoms with van der Waals surface area (Å²) in [5.41, 5.74) is 1.51. The Bertz CT molecular complexity index is 685. The highest BCUT2D eigenvalue weighted by atomic mass is 35.5. The lowest BCUT2D eigenvalue weighted by atomic mass is 10.2. The van der Waals surface area contributed by atoms with E-state index >= 15 is 0 Å². The molecule has 1 aromatic heterocycles. The summed E-state index contributed by atoms with van der Waals surface area (Å²) in [5, 5.41) is 20.9. The van der Waals surface area contributed by atoms with Crippen molar-refractivity contribution < 1.29 is 0 Å². The van der Waals surface area contributed by atoms with Crippen molar-refractivity contribution in [2.75, 3.05) is 26.2 Å². The quantitative estimate of drug-likeness (QED) is 0.802. The lowest BCUT2D eigenvalue weighted by Crippen LogP contribution is -2.48. The minimum atomic E-state index is 0. The van der Waals surface area contributed by atoms with Crippen molar-refractivity contribution in [2.45, 2.75) is 26.4 Å². The van der Waals surface area contributed by atoms with E-state index in [0.29, 0.717) is 11.6 Å². The summed E-state index contributed by atoms with van der Waals surface area (Å²) < 4.78 is 1.75. The van der Waals surface area contributed by atoms with E-state index in [4.69, 9.17) is 5.26 Å². The van der Waals surface area contributed by atoms with Crippen LogP contribution in [0, 0.1) is 11.3 Å². The van der Waals surface area contributed by atoms with Gasteiger partial charge in [0.15, 0.2) is 5.82 Å². The number of hydrogen-bond donors (Lipinski definition) is 0. The summed E-state index contributed by atoms with van der Waals surface area (Å²) in [6, 6.07) is 10.0. The van der Waals surface area contributed by atoms with Gasteiger partial charge in [0.2, 0.25) is 0 Å². The first-order valence-electron chi connectivity index (χ1n) is 7.91. The van der Waals surface area contributed by atoms with Crippen LogP contribution in [0.15, 0.2) is 24.3 Å². The molecule has 0 amide bonds. The zero-order chi connectivity index (χ0) is 16.2. The molecule has 1 aliphatic heterocycles. The molecule has 1 fully saturated rings. The largest absolute Gasteiger partial charge is 0.298 e. The lowest BCUT2D eigenvalue weighted by molar-refractivity contribution is 0.102. The molecule has 136 valence electrons. The van der Waals surface area contributed by atoms with Crippen LogP contribution in [-0.2, 0) is 6.54 Å². The second kappa shape index (κ2) is 9.68. The van der Waals surface area contributed by atoms with Crippen molar-refractivity contribution in [1.29, 1.82) is 5.26 Å². The van der Waals surface area contributed by atoms with E-state index in [-0.39, 0.29) is 24.8 Å². The number of aromatic nitrogens is 4. The number of piperazine rings is 1. The van der Waals surface area contributed by atoms with Gasteiger partial charge in [0.05, 0.1) is 23.9 Å². The standard InChI is InChI=1S/C16H21N7.2ClH/c1-13(2)22-9-7-21(8-10-22)12-16-18-19-20-23(16)15-5-3-14(11-17)4-6-15;;/h3-6,13H,7-10,12H2,1-2H3;2*1H. The first-order valence-corrected chi connectivity index (χ1v) is 7.91. The Kier molecular flexibility index (Phi) is 8.26. The van der Waals surface area contributed by atoms with Gasteiger partial charge >= 0.3 is 0 Å². The van der Waals surface area contributed by atoms with Crippen LogP contribution < -0.4 is 0 Å². The van der Waals surface area contributed by atoms with E-state index in [2.05, 4.69) is 45.2 Å². The predicted octanol–water partition coefficient (Wildman–Crippen LogP) is 1.90. The Morgan fingerprint density at radius 1 is 1.08 bits per heavy atom. The smallest absolute Gasteiger partial charge is 0.170 e. The first-order chi connectivity index (χ1) is 11.2. The molecular weight excluding hydrogens is 361 g/mol. The molecule has 0 aliphatic carbocycles. The van der Waals surface area contributed by atoms with Crippen LogP contribution in [0.1, 0.15) is 25.2 Å². The van der Waals surface area contributed by atoms with Gasteiger partial charge in [-0.15, -0.1) is 29.9 Å². The molecule has 0 saturated carbocycles. The third-order valence-electron chi connectivity index (χ3n) is 4.28. The Morgan fingerprint density at radius 3 is 2.28 bits per heavy atom. The summed E-state index contributed by atoms with van der Waals surface area (Å²) in [7, 11) is 0. The SMILES string of the molecule is CC(C)N1CCN(Cc2nnnn2-c2ccc(C#N)cc2)CC1.Cl.Cl. The zero-order valence-corrected chi connectivity index (χ0v) is 16.0. The van der Waals surface area contributed by atoms with Crippen molar-refractivity contribution in [2.24, 2.45) is 0 Å². The Hall–Kier alpha value is -1.72. The molecule has 0 atom stereocenters. The molecule has 1 aromatic carbocycles. The molecule has 0 spiro atoms. The second-order valence-electron chi connectivity index (χ2n) is 6.07. The minimum Gasteiger partial charge on any atom is -0.298 e. The topological polar surface area (TPSA) is 73.9 Å². The van der Waals surface area contributed by atoms with E-state index in [1.807, 2.05) is 12.1 Å². The van der Waals surface area contributed by atoms with Crippen LogP contribution in [0.5, 0.6) is 0 Å². The first kappa shape index (κ1) is 21.3. The van der Waals surface area contributed by atoms with Gasteiger partial charge in [-0.3, -0.25) is 9.80 Å². The van der Waals surface area contributed by atoms with Gasteiger partial charge in [-0.25, -0.2) is 0 Å². The molecule has 9 heteroatoms. The van der Waals surface area contributed by atoms with Gasteiger partial charge < -0.3 is 0 Å². The fraction of sp³-hybridized carbons (Fsp3) is 0.500. The average Bonchev–Trinajstić information content (AvgIpc) is 3.03. The van der Waals surface area contributed by atoms with Crippen molar-refractivity contribution in [1.82, 2.24) is 30.0 Å². The van der Waals surface area contributed by atoms with Crippen molar-refractivity contribution >= 4 is 24.8 Å². The van der Waals surface area contributed by atoms with Gasteiger partial charge in [-0.1, -0.05) is 0 Å². The van der Waals surface area contributed by atoms with Gasteiger partial charge in [0.1, 0.15) is 0 Å². The van der Waals surface area contributed by atoms with Crippen LogP contribution in [-0.4, -0.2) is 62.2 Å². The van der Waals surface area contributed by atoms with Crippen LogP contribution in [0.3, 0.4) is 0 Å². The number of benzene rings is 1. The lowest BCUT2D eigenvalue weighted by Gasteiger charge is -2.36. The number of rotatable bonds is 4. The Labute approximate surface area is 160 Å². The minimum absolute atomic E-state index is 0. The highest BCUT2D eigenvalue weighted by Crippen LogP contribution is 2.13. The fourth-order valence-electron chi connectivity index (χ4n) is 2.82. The van der Waals surface area contributed by atoms with Gasteiger partial charge in [-0.05, 0) is 48.5 Å². The Balaban J connectivity index is 0.00000156. The zero-order valence-electron chi connectivity index (χ0n) is 14.4. The average molecular weight is 384 g/mol. The maximum absolute atomic E-state index is 8.88. The normalized spacial score (nSPS) is 15.3. The summed E-state index contributed by atoms with van der Waals surface area (Å²) in [6.07, 6.45) is 0.